The van der Waals surface area contributed by atoms with Crippen molar-refractivity contribution in [3.05, 3.63) is 70.7 Å². The molecule has 0 unspecified atom stereocenters. The quantitative estimate of drug-likeness (QED) is 0.1000. The maximum Gasteiger partial charge on any atom is 0.344 e. The van der Waals surface area contributed by atoms with Gasteiger partial charge < -0.3 is 33.3 Å². The summed E-state index contributed by atoms with van der Waals surface area (Å²) in [6, 6.07) is 10.5. The number of esters is 1. The third-order valence-corrected chi connectivity index (χ3v) is 4.92. The minimum absolute atomic E-state index is 0. The Morgan fingerprint density at radius 2 is 1.90 bits per heavy atom. The average molecular weight is 523 g/mol. The molecule has 3 aromatic rings. The Hall–Kier alpha value is -2.49. The molecule has 0 N–H and O–H groups in total. The van der Waals surface area contributed by atoms with Gasteiger partial charge in [0.05, 0.1) is 11.5 Å². The smallest absolute Gasteiger partial charge is 0.344 e. The van der Waals surface area contributed by atoms with Gasteiger partial charge in [-0.3, -0.25) is 10.1 Å². The minimum atomic E-state index is -0.367. The topological polar surface area (TPSA) is 78.2 Å². The number of hydrogen-bond acceptors (Lipinski definition) is 4. The largest absolute Gasteiger partial charge is 1.00 e. The number of carbonyl (C=O) groups is 1. The molecule has 8 heteroatoms. The lowest BCUT2D eigenvalue weighted by molar-refractivity contribution is -0.671. The number of non-ortho nitro benzene ring substituents is 1. The van der Waals surface area contributed by atoms with E-state index in [-0.39, 0.29) is 40.6 Å². The summed E-state index contributed by atoms with van der Waals surface area (Å²) in [6.07, 6.45) is 10.7. The van der Waals surface area contributed by atoms with E-state index < -0.39 is 0 Å². The van der Waals surface area contributed by atoms with E-state index in [9.17, 15) is 14.9 Å². The van der Waals surface area contributed by atoms with Crippen LogP contribution in [-0.4, -0.2) is 22.1 Å². The number of nitro groups is 1. The summed E-state index contributed by atoms with van der Waals surface area (Å²) >= 11 is 0. The van der Waals surface area contributed by atoms with E-state index in [1.54, 1.807) is 24.4 Å². The highest BCUT2D eigenvalue weighted by molar-refractivity contribution is 5.88. The summed E-state index contributed by atoms with van der Waals surface area (Å²) in [5.41, 5.74) is 1.72. The van der Waals surface area contributed by atoms with Crippen LogP contribution < -0.4 is 28.5 Å². The molecule has 0 radical (unpaired) electrons. The summed E-state index contributed by atoms with van der Waals surface area (Å²) in [5.74, 6) is -0.277. The Balaban J connectivity index is 0.00000320. The molecular weight excluding hydrogens is 497 g/mol. The number of nitrogens with zero attached hydrogens (tertiary/aromatic N) is 3. The van der Waals surface area contributed by atoms with Gasteiger partial charge in [0.15, 0.2) is 12.4 Å². The minimum Gasteiger partial charge on any atom is -1.00 e. The molecule has 0 saturated carbocycles. The standard InChI is InChI=1S/C22H26N3O4.HI/c1-23-12-7-8-19(17-23)22(26)29-15-6-4-2-3-5-13-24-14-11-18-16-20(25(27)28)9-10-21(18)24;/h7-12,14,16-17H,2-6,13,15H2,1H3;1H/q+1;/p-1. The van der Waals surface area contributed by atoms with E-state index in [0.29, 0.717) is 12.2 Å². The molecule has 0 aliphatic heterocycles. The molecule has 0 fully saturated rings. The van der Waals surface area contributed by atoms with Crippen LogP contribution in [0.15, 0.2) is 55.0 Å². The number of rotatable bonds is 10. The molecule has 0 atom stereocenters. The number of aryl methyl sites for hydroxylation is 2. The molecule has 0 amide bonds. The molecule has 7 nitrogen and oxygen atoms in total. The average Bonchev–Trinajstić information content (AvgIpc) is 3.12. The van der Waals surface area contributed by atoms with Crippen LogP contribution in [0.1, 0.15) is 42.5 Å². The van der Waals surface area contributed by atoms with E-state index in [2.05, 4.69) is 4.57 Å². The molecule has 0 aliphatic carbocycles. The number of carbonyl (C=O) groups excluding carboxylic acids is 1. The highest BCUT2D eigenvalue weighted by atomic mass is 127. The second-order valence-electron chi connectivity index (χ2n) is 7.17. The highest BCUT2D eigenvalue weighted by Crippen LogP contribution is 2.22. The monoisotopic (exact) mass is 523 g/mol. The van der Waals surface area contributed by atoms with Gasteiger partial charge in [-0.05, 0) is 31.0 Å². The van der Waals surface area contributed by atoms with Gasteiger partial charge in [-0.2, -0.15) is 0 Å². The van der Waals surface area contributed by atoms with E-state index in [4.69, 9.17) is 4.74 Å². The summed E-state index contributed by atoms with van der Waals surface area (Å²) < 4.78 is 9.28. The van der Waals surface area contributed by atoms with Crippen LogP contribution in [0.2, 0.25) is 0 Å². The molecule has 2 heterocycles. The van der Waals surface area contributed by atoms with Gasteiger partial charge in [-0.15, -0.1) is 0 Å². The molecule has 0 aliphatic rings. The SMILES string of the molecule is C[n+]1cccc(C(=O)OCCCCCCCn2ccc3cc([N+](=O)[O-])ccc32)c1.[I-]. The second-order valence-corrected chi connectivity index (χ2v) is 7.17. The Labute approximate surface area is 192 Å². The lowest BCUT2D eigenvalue weighted by atomic mass is 10.1. The van der Waals surface area contributed by atoms with Crippen molar-refractivity contribution < 1.29 is 43.0 Å². The predicted octanol–water partition coefficient (Wildman–Crippen LogP) is 1.19. The summed E-state index contributed by atoms with van der Waals surface area (Å²) in [5, 5.41) is 11.8. The first kappa shape index (κ1) is 23.8. The van der Waals surface area contributed by atoms with Gasteiger partial charge in [0.2, 0.25) is 0 Å². The van der Waals surface area contributed by atoms with Crippen molar-refractivity contribution in [3.63, 3.8) is 0 Å². The summed E-state index contributed by atoms with van der Waals surface area (Å²) in [7, 11) is 1.87. The van der Waals surface area contributed by atoms with Crippen LogP contribution in [0.5, 0.6) is 0 Å². The van der Waals surface area contributed by atoms with Crippen LogP contribution in [-0.2, 0) is 18.3 Å². The fourth-order valence-corrected chi connectivity index (χ4v) is 3.37. The molecule has 0 bridgehead atoms. The zero-order valence-corrected chi connectivity index (χ0v) is 19.2. The van der Waals surface area contributed by atoms with Crippen molar-refractivity contribution in [2.24, 2.45) is 7.05 Å². The number of hydrogen-bond donors (Lipinski definition) is 0. The number of fused-ring (bicyclic) bond motifs is 1. The summed E-state index contributed by atoms with van der Waals surface area (Å²) in [4.78, 5) is 22.4. The third kappa shape index (κ3) is 6.51. The van der Waals surface area contributed by atoms with Crippen LogP contribution in [0.3, 0.4) is 0 Å². The van der Waals surface area contributed by atoms with Crippen molar-refractivity contribution in [2.45, 2.75) is 38.6 Å². The number of pyridine rings is 1. The fraction of sp³-hybridized carbons (Fsp3) is 0.364. The van der Waals surface area contributed by atoms with Crippen LogP contribution in [0.25, 0.3) is 10.9 Å². The van der Waals surface area contributed by atoms with Crippen LogP contribution >= 0.6 is 0 Å². The molecule has 160 valence electrons. The molecule has 3 rings (SSSR count). The maximum absolute atomic E-state index is 12.0. The molecule has 2 aromatic heterocycles. The molecule has 1 aromatic carbocycles. The zero-order chi connectivity index (χ0) is 20.6. The van der Waals surface area contributed by atoms with E-state index in [1.807, 2.05) is 42.2 Å². The molecular formula is C22H26IN3O4. The van der Waals surface area contributed by atoms with Gasteiger partial charge >= 0.3 is 5.97 Å². The van der Waals surface area contributed by atoms with Gasteiger partial charge in [0, 0.05) is 41.8 Å². The Bertz CT molecular complexity index is 1000. The lowest BCUT2D eigenvalue weighted by Gasteiger charge is -2.06. The highest BCUT2D eigenvalue weighted by Gasteiger charge is 2.10. The normalized spacial score (nSPS) is 10.6. The number of aromatic nitrogens is 2. The van der Waals surface area contributed by atoms with Crippen molar-refractivity contribution in [1.29, 1.82) is 0 Å². The first-order valence-electron chi connectivity index (χ1n) is 9.90. The number of unbranched alkanes of at least 4 members (excludes halogenated alkanes) is 4. The Morgan fingerprint density at radius 1 is 1.13 bits per heavy atom. The lowest BCUT2D eigenvalue weighted by Crippen LogP contribution is -3.00. The van der Waals surface area contributed by atoms with Crippen molar-refractivity contribution in [2.75, 3.05) is 6.61 Å². The van der Waals surface area contributed by atoms with Gasteiger partial charge in [-0.25, -0.2) is 9.36 Å². The van der Waals surface area contributed by atoms with Crippen LogP contribution in [0.4, 0.5) is 5.69 Å². The molecule has 0 spiro atoms. The number of benzene rings is 1. The van der Waals surface area contributed by atoms with Crippen LogP contribution in [0, 0.1) is 10.1 Å². The Kier molecular flexibility index (Phi) is 9.22. The van der Waals surface area contributed by atoms with Crippen molar-refractivity contribution in [3.8, 4) is 0 Å². The molecule has 30 heavy (non-hydrogen) atoms. The van der Waals surface area contributed by atoms with E-state index in [0.717, 1.165) is 49.6 Å². The predicted molar refractivity (Wildman–Crippen MR) is 110 cm³/mol. The number of nitro benzene ring substituents is 1. The van der Waals surface area contributed by atoms with Gasteiger partial charge in [0.1, 0.15) is 12.6 Å². The second kappa shape index (κ2) is 11.6. The van der Waals surface area contributed by atoms with E-state index in [1.165, 1.54) is 0 Å². The number of ether oxygens (including phenoxy) is 1. The first-order chi connectivity index (χ1) is 14.0. The maximum atomic E-state index is 12.0. The molecule has 0 saturated heterocycles. The van der Waals surface area contributed by atoms with Crippen molar-refractivity contribution >= 4 is 22.6 Å². The van der Waals surface area contributed by atoms with Gasteiger partial charge in [0.25, 0.3) is 5.69 Å². The third-order valence-electron chi connectivity index (χ3n) is 4.92. The van der Waals surface area contributed by atoms with E-state index >= 15 is 0 Å². The zero-order valence-electron chi connectivity index (χ0n) is 17.0. The first-order valence-corrected chi connectivity index (χ1v) is 9.90. The van der Waals surface area contributed by atoms with Crippen molar-refractivity contribution in [1.82, 2.24) is 4.57 Å². The van der Waals surface area contributed by atoms with Gasteiger partial charge in [-0.1, -0.05) is 19.3 Å². The summed E-state index contributed by atoms with van der Waals surface area (Å²) in [6.45, 7) is 1.33. The Morgan fingerprint density at radius 3 is 2.67 bits per heavy atom. The fourth-order valence-electron chi connectivity index (χ4n) is 3.37. The number of halogens is 1.